The maximum Gasteiger partial charge on any atom is 0.282 e. The third-order valence-electron chi connectivity index (χ3n) is 4.70. The van der Waals surface area contributed by atoms with Crippen LogP contribution in [0.1, 0.15) is 6.92 Å². The Hall–Kier alpha value is -1.75. The Morgan fingerprint density at radius 2 is 1.76 bits per heavy atom. The number of anilines is 2. The molecule has 3 rings (SSSR count). The molecule has 4 nitrogen and oxygen atoms in total. The van der Waals surface area contributed by atoms with Crippen molar-refractivity contribution in [1.82, 2.24) is 0 Å². The Morgan fingerprint density at radius 1 is 1.08 bits per heavy atom. The van der Waals surface area contributed by atoms with Gasteiger partial charge in [0, 0.05) is 21.4 Å². The van der Waals surface area contributed by atoms with Gasteiger partial charge in [0.1, 0.15) is 0 Å². The van der Waals surface area contributed by atoms with Crippen molar-refractivity contribution in [3.05, 3.63) is 58.6 Å². The number of halogens is 2. The first-order chi connectivity index (χ1) is 12.0. The second kappa shape index (κ2) is 8.09. The van der Waals surface area contributed by atoms with Crippen molar-refractivity contribution >= 4 is 40.5 Å². The maximum atomic E-state index is 12.5. The topological polar surface area (TPSA) is 36.8 Å². The smallest absolute Gasteiger partial charge is 0.282 e. The Kier molecular flexibility index (Phi) is 5.84. The molecule has 0 unspecified atom stereocenters. The summed E-state index contributed by atoms with van der Waals surface area (Å²) in [5.74, 6) is 0.0357. The molecule has 1 atom stereocenters. The van der Waals surface area contributed by atoms with E-state index >= 15 is 0 Å². The van der Waals surface area contributed by atoms with Crippen LogP contribution in [0.5, 0.6) is 0 Å². The quantitative estimate of drug-likeness (QED) is 0.857. The van der Waals surface area contributed by atoms with E-state index in [0.717, 1.165) is 42.6 Å². The van der Waals surface area contributed by atoms with Crippen molar-refractivity contribution in [2.24, 2.45) is 0 Å². The van der Waals surface area contributed by atoms with Crippen LogP contribution in [0.3, 0.4) is 0 Å². The standard InChI is InChI=1S/C19H21Cl2N3O/c1-14(19(25)22-17-7-5-15(20)6-8-17)23-9-11-24(12-10-23)18-4-2-3-16(21)13-18/h2-8,13-14H,9-12H2,1H3,(H,22,25)/p+1/t14-/m0/s1. The van der Waals surface area contributed by atoms with Crippen molar-refractivity contribution in [3.63, 3.8) is 0 Å². The van der Waals surface area contributed by atoms with E-state index in [0.29, 0.717) is 5.02 Å². The fourth-order valence-corrected chi connectivity index (χ4v) is 3.44. The van der Waals surface area contributed by atoms with Crippen LogP contribution in [-0.2, 0) is 4.79 Å². The fourth-order valence-electron chi connectivity index (χ4n) is 3.13. The molecular formula is C19H22Cl2N3O+. The Balaban J connectivity index is 1.54. The second-order valence-corrected chi connectivity index (χ2v) is 7.22. The SMILES string of the molecule is C[C@@H](C(=O)Nc1ccc(Cl)cc1)[NH+]1CCN(c2cccc(Cl)c2)CC1. The molecular weight excluding hydrogens is 357 g/mol. The lowest BCUT2D eigenvalue weighted by atomic mass is 10.2. The minimum atomic E-state index is -0.0998. The van der Waals surface area contributed by atoms with E-state index in [1.54, 1.807) is 12.1 Å². The maximum absolute atomic E-state index is 12.5. The molecule has 0 aliphatic carbocycles. The highest BCUT2D eigenvalue weighted by Crippen LogP contribution is 2.19. The van der Waals surface area contributed by atoms with Crippen LogP contribution >= 0.6 is 23.2 Å². The highest BCUT2D eigenvalue weighted by Gasteiger charge is 2.29. The van der Waals surface area contributed by atoms with Crippen molar-refractivity contribution in [2.75, 3.05) is 36.4 Å². The van der Waals surface area contributed by atoms with E-state index in [2.05, 4.69) is 16.3 Å². The van der Waals surface area contributed by atoms with Crippen LogP contribution < -0.4 is 15.1 Å². The first-order valence-corrected chi connectivity index (χ1v) is 9.20. The van der Waals surface area contributed by atoms with E-state index in [4.69, 9.17) is 23.2 Å². The summed E-state index contributed by atoms with van der Waals surface area (Å²) >= 11 is 12.0. The van der Waals surface area contributed by atoms with Gasteiger partial charge in [-0.15, -0.1) is 0 Å². The molecule has 25 heavy (non-hydrogen) atoms. The average Bonchev–Trinajstić information content (AvgIpc) is 2.63. The minimum Gasteiger partial charge on any atom is -0.360 e. The highest BCUT2D eigenvalue weighted by atomic mass is 35.5. The normalized spacial score (nSPS) is 16.5. The number of carbonyl (C=O) groups excluding carboxylic acids is 1. The van der Waals surface area contributed by atoms with Crippen LogP contribution in [0.4, 0.5) is 11.4 Å². The molecule has 2 N–H and O–H groups in total. The number of nitrogens with one attached hydrogen (secondary N) is 2. The number of carbonyl (C=O) groups is 1. The zero-order chi connectivity index (χ0) is 17.8. The molecule has 1 aliphatic heterocycles. The van der Waals surface area contributed by atoms with Gasteiger partial charge in [-0.2, -0.15) is 0 Å². The van der Waals surface area contributed by atoms with Crippen molar-refractivity contribution < 1.29 is 9.69 Å². The number of hydrogen-bond donors (Lipinski definition) is 2. The lowest BCUT2D eigenvalue weighted by molar-refractivity contribution is -0.914. The predicted octanol–water partition coefficient (Wildman–Crippen LogP) is 2.73. The summed E-state index contributed by atoms with van der Waals surface area (Å²) in [6.07, 6.45) is 0. The Morgan fingerprint density at radius 3 is 2.40 bits per heavy atom. The monoisotopic (exact) mass is 378 g/mol. The molecule has 0 spiro atoms. The van der Waals surface area contributed by atoms with E-state index in [1.165, 1.54) is 4.90 Å². The fraction of sp³-hybridized carbons (Fsp3) is 0.316. The summed E-state index contributed by atoms with van der Waals surface area (Å²) in [4.78, 5) is 16.1. The number of piperazine rings is 1. The number of quaternary nitrogens is 1. The van der Waals surface area contributed by atoms with Gasteiger partial charge in [0.05, 0.1) is 26.2 Å². The van der Waals surface area contributed by atoms with Gasteiger partial charge in [-0.3, -0.25) is 4.79 Å². The summed E-state index contributed by atoms with van der Waals surface area (Å²) in [5, 5.41) is 4.38. The van der Waals surface area contributed by atoms with Gasteiger partial charge in [-0.05, 0) is 49.4 Å². The molecule has 0 saturated carbocycles. The number of rotatable bonds is 4. The molecule has 1 saturated heterocycles. The first-order valence-electron chi connectivity index (χ1n) is 8.44. The average molecular weight is 379 g/mol. The number of hydrogen-bond acceptors (Lipinski definition) is 2. The summed E-state index contributed by atoms with van der Waals surface area (Å²) < 4.78 is 0. The van der Waals surface area contributed by atoms with Crippen LogP contribution in [0.15, 0.2) is 48.5 Å². The van der Waals surface area contributed by atoms with E-state index in [1.807, 2.05) is 37.3 Å². The van der Waals surface area contributed by atoms with Gasteiger partial charge < -0.3 is 15.1 Å². The third kappa shape index (κ3) is 4.66. The molecule has 2 aromatic rings. The number of nitrogens with zero attached hydrogens (tertiary/aromatic N) is 1. The van der Waals surface area contributed by atoms with Gasteiger partial charge >= 0.3 is 0 Å². The molecule has 2 aromatic carbocycles. The Bertz CT molecular complexity index is 728. The molecule has 0 aromatic heterocycles. The van der Waals surface area contributed by atoms with Crippen molar-refractivity contribution in [2.45, 2.75) is 13.0 Å². The van der Waals surface area contributed by atoms with Gasteiger partial charge in [-0.25, -0.2) is 0 Å². The van der Waals surface area contributed by atoms with Gasteiger partial charge in [-0.1, -0.05) is 29.3 Å². The van der Waals surface area contributed by atoms with E-state index < -0.39 is 0 Å². The largest absolute Gasteiger partial charge is 0.360 e. The van der Waals surface area contributed by atoms with Gasteiger partial charge in [0.2, 0.25) is 0 Å². The van der Waals surface area contributed by atoms with Crippen LogP contribution in [0.25, 0.3) is 0 Å². The summed E-state index contributed by atoms with van der Waals surface area (Å²) in [7, 11) is 0. The number of amides is 1. The van der Waals surface area contributed by atoms with Gasteiger partial charge in [0.25, 0.3) is 5.91 Å². The minimum absolute atomic E-state index is 0.0357. The van der Waals surface area contributed by atoms with E-state index in [-0.39, 0.29) is 11.9 Å². The third-order valence-corrected chi connectivity index (χ3v) is 5.18. The lowest BCUT2D eigenvalue weighted by Crippen LogP contribution is -3.19. The highest BCUT2D eigenvalue weighted by molar-refractivity contribution is 6.31. The van der Waals surface area contributed by atoms with Gasteiger partial charge in [0.15, 0.2) is 6.04 Å². The molecule has 1 aliphatic rings. The summed E-state index contributed by atoms with van der Waals surface area (Å²) in [6.45, 7) is 5.64. The van der Waals surface area contributed by atoms with Crippen LogP contribution in [-0.4, -0.2) is 38.1 Å². The molecule has 6 heteroatoms. The molecule has 0 radical (unpaired) electrons. The molecule has 132 valence electrons. The zero-order valence-corrected chi connectivity index (χ0v) is 15.6. The predicted molar refractivity (Wildman–Crippen MR) is 104 cm³/mol. The van der Waals surface area contributed by atoms with E-state index in [9.17, 15) is 4.79 Å². The molecule has 1 amide bonds. The lowest BCUT2D eigenvalue weighted by Gasteiger charge is -2.36. The van der Waals surface area contributed by atoms with Crippen LogP contribution in [0.2, 0.25) is 10.0 Å². The second-order valence-electron chi connectivity index (χ2n) is 6.34. The Labute approximate surface area is 158 Å². The van der Waals surface area contributed by atoms with Crippen LogP contribution in [0, 0.1) is 0 Å². The van der Waals surface area contributed by atoms with Crippen molar-refractivity contribution in [3.8, 4) is 0 Å². The number of benzene rings is 2. The molecule has 1 heterocycles. The summed E-state index contributed by atoms with van der Waals surface area (Å²) in [6, 6.07) is 15.0. The summed E-state index contributed by atoms with van der Waals surface area (Å²) in [5.41, 5.74) is 1.92. The zero-order valence-electron chi connectivity index (χ0n) is 14.1. The van der Waals surface area contributed by atoms with Crippen molar-refractivity contribution in [1.29, 1.82) is 0 Å². The first kappa shape index (κ1) is 18.1. The molecule has 1 fully saturated rings. The molecule has 0 bridgehead atoms.